The van der Waals surface area contributed by atoms with Gasteiger partial charge >= 0.3 is 5.97 Å². The van der Waals surface area contributed by atoms with Gasteiger partial charge < -0.3 is 24.4 Å². The molecular formula is C30H42N2O6. The molecule has 6 atom stereocenters. The number of carbonyl (C=O) groups is 3. The third-order valence-corrected chi connectivity index (χ3v) is 8.57. The maximum atomic E-state index is 14.7. The number of fused-ring (bicyclic) bond motifs is 1. The molecule has 208 valence electrons. The van der Waals surface area contributed by atoms with E-state index in [1.807, 2.05) is 52.8 Å². The van der Waals surface area contributed by atoms with Crippen LogP contribution in [-0.2, 0) is 23.9 Å². The van der Waals surface area contributed by atoms with E-state index in [2.05, 4.69) is 6.58 Å². The summed E-state index contributed by atoms with van der Waals surface area (Å²) in [5.41, 5.74) is 0.592. The van der Waals surface area contributed by atoms with Gasteiger partial charge in [-0.15, -0.1) is 6.58 Å². The van der Waals surface area contributed by atoms with Gasteiger partial charge in [-0.1, -0.05) is 32.1 Å². The molecule has 1 spiro atoms. The molecule has 3 fully saturated rings. The molecule has 0 aromatic heterocycles. The first kappa shape index (κ1) is 28.3. The highest BCUT2D eigenvalue weighted by atomic mass is 16.6. The zero-order valence-electron chi connectivity index (χ0n) is 23.5. The van der Waals surface area contributed by atoms with Crippen LogP contribution in [0.15, 0.2) is 30.9 Å². The average Bonchev–Trinajstić information content (AvgIpc) is 3.43. The van der Waals surface area contributed by atoms with Crippen molar-refractivity contribution in [1.82, 2.24) is 4.90 Å². The number of carbonyl (C=O) groups excluding carboxylic acids is 3. The number of esters is 1. The second kappa shape index (κ2) is 10.5. The molecule has 4 rings (SSSR count). The number of likely N-dealkylation sites (tertiary alicyclic amines) is 1. The van der Waals surface area contributed by atoms with Crippen LogP contribution < -0.4 is 4.90 Å². The summed E-state index contributed by atoms with van der Waals surface area (Å²) in [6.07, 6.45) is 3.19. The topological polar surface area (TPSA) is 96.4 Å². The summed E-state index contributed by atoms with van der Waals surface area (Å²) in [6.45, 7) is 15.6. The number of anilines is 1. The minimum Gasteiger partial charge on any atom is -0.466 e. The van der Waals surface area contributed by atoms with Crippen LogP contribution in [0.5, 0.6) is 0 Å². The summed E-state index contributed by atoms with van der Waals surface area (Å²) >= 11 is 0. The van der Waals surface area contributed by atoms with Gasteiger partial charge in [0.15, 0.2) is 0 Å². The maximum absolute atomic E-state index is 14.7. The van der Waals surface area contributed by atoms with Crippen LogP contribution in [0, 0.1) is 31.6 Å². The van der Waals surface area contributed by atoms with Crippen LogP contribution in [-0.4, -0.2) is 70.8 Å². The normalized spacial score (nSPS) is 30.5. The highest BCUT2D eigenvalue weighted by Crippen LogP contribution is 2.64. The number of aliphatic hydroxyl groups excluding tert-OH is 1. The second-order valence-corrected chi connectivity index (χ2v) is 11.7. The lowest BCUT2D eigenvalue weighted by Gasteiger charge is -2.40. The molecule has 3 aliphatic rings. The van der Waals surface area contributed by atoms with Gasteiger partial charge in [-0.3, -0.25) is 14.4 Å². The third-order valence-electron chi connectivity index (χ3n) is 8.57. The van der Waals surface area contributed by atoms with Gasteiger partial charge in [-0.2, -0.15) is 0 Å². The molecule has 2 bridgehead atoms. The molecule has 0 saturated carbocycles. The zero-order chi connectivity index (χ0) is 28.0. The molecule has 3 heterocycles. The van der Waals surface area contributed by atoms with Crippen LogP contribution in [0.25, 0.3) is 0 Å². The van der Waals surface area contributed by atoms with E-state index in [1.165, 1.54) is 0 Å². The molecule has 1 aromatic rings. The Labute approximate surface area is 226 Å². The Morgan fingerprint density at radius 2 is 2.03 bits per heavy atom. The number of aryl methyl sites for hydroxylation is 2. The smallest absolute Gasteiger partial charge is 0.312 e. The first-order valence-electron chi connectivity index (χ1n) is 13.7. The first-order chi connectivity index (χ1) is 18.0. The van der Waals surface area contributed by atoms with Crippen LogP contribution in [0.1, 0.15) is 58.1 Å². The van der Waals surface area contributed by atoms with Gasteiger partial charge in [0.1, 0.15) is 17.6 Å². The number of rotatable bonds is 10. The van der Waals surface area contributed by atoms with Gasteiger partial charge in [0, 0.05) is 12.2 Å². The van der Waals surface area contributed by atoms with Crippen molar-refractivity contribution in [3.8, 4) is 0 Å². The maximum Gasteiger partial charge on any atom is 0.312 e. The minimum absolute atomic E-state index is 0.174. The highest BCUT2D eigenvalue weighted by molar-refractivity contribution is 6.05. The monoisotopic (exact) mass is 526 g/mol. The van der Waals surface area contributed by atoms with Crippen LogP contribution in [0.4, 0.5) is 5.69 Å². The summed E-state index contributed by atoms with van der Waals surface area (Å²) in [7, 11) is 0. The number of benzene rings is 1. The molecule has 2 unspecified atom stereocenters. The van der Waals surface area contributed by atoms with Crippen LogP contribution in [0.2, 0.25) is 0 Å². The van der Waals surface area contributed by atoms with Crippen molar-refractivity contribution in [3.63, 3.8) is 0 Å². The second-order valence-electron chi connectivity index (χ2n) is 11.7. The number of amides is 2. The lowest BCUT2D eigenvalue weighted by atomic mass is 9.66. The van der Waals surface area contributed by atoms with Crippen molar-refractivity contribution in [1.29, 1.82) is 0 Å². The van der Waals surface area contributed by atoms with E-state index in [9.17, 15) is 19.5 Å². The zero-order valence-corrected chi connectivity index (χ0v) is 23.5. The van der Waals surface area contributed by atoms with E-state index in [0.717, 1.165) is 16.8 Å². The van der Waals surface area contributed by atoms with Gasteiger partial charge in [-0.25, -0.2) is 0 Å². The fraction of sp³-hybridized carbons (Fsp3) is 0.633. The van der Waals surface area contributed by atoms with Crippen molar-refractivity contribution >= 4 is 23.5 Å². The standard InChI is InChI=1S/C30H42N2O6/c1-8-14-31(22-16-19(5)10-11-20(22)6)27(35)25-30-13-12-29(7,38-30)24(28(36)37-9-2)23(30)26(34)32(25)21(17-33)15-18(3)4/h8,10-11,16,18,21,23-25,33H,1,9,12-15,17H2,2-7H3/t21-,23+,24+,25?,29-,30?/m1/s1. The molecule has 0 aliphatic carbocycles. The van der Waals surface area contributed by atoms with Crippen molar-refractivity contribution in [3.05, 3.63) is 42.0 Å². The molecule has 0 radical (unpaired) electrons. The molecule has 1 aromatic carbocycles. The third kappa shape index (κ3) is 4.35. The van der Waals surface area contributed by atoms with Crippen molar-refractivity contribution in [2.24, 2.45) is 17.8 Å². The van der Waals surface area contributed by atoms with E-state index in [0.29, 0.717) is 19.3 Å². The fourth-order valence-electron chi connectivity index (χ4n) is 7.04. The number of hydrogen-bond acceptors (Lipinski definition) is 6. The Morgan fingerprint density at radius 1 is 1.32 bits per heavy atom. The van der Waals surface area contributed by atoms with Crippen molar-refractivity contribution < 1.29 is 29.0 Å². The lowest BCUT2D eigenvalue weighted by molar-refractivity contribution is -0.160. The number of aliphatic hydroxyl groups is 1. The SMILES string of the molecule is C=CCN(C(=O)C1N([C@@H](CO)CC(C)C)C(=O)[C@@H]2[C@@H](C(=O)OCC)[C@@]3(C)CCC12O3)c1cc(C)ccc1C. The first-order valence-corrected chi connectivity index (χ1v) is 13.7. The van der Waals surface area contributed by atoms with E-state index in [-0.39, 0.29) is 37.5 Å². The Bertz CT molecular complexity index is 1120. The highest BCUT2D eigenvalue weighted by Gasteiger charge is 2.79. The van der Waals surface area contributed by atoms with Crippen molar-refractivity contribution in [2.75, 3.05) is 24.7 Å². The number of hydrogen-bond donors (Lipinski definition) is 1. The summed E-state index contributed by atoms with van der Waals surface area (Å²) < 4.78 is 12.1. The molecule has 3 saturated heterocycles. The quantitative estimate of drug-likeness (QED) is 0.370. The molecule has 1 N–H and O–H groups in total. The molecule has 8 nitrogen and oxygen atoms in total. The summed E-state index contributed by atoms with van der Waals surface area (Å²) in [6, 6.07) is 4.35. The fourth-order valence-corrected chi connectivity index (χ4v) is 7.04. The van der Waals surface area contributed by atoms with Gasteiger partial charge in [0.25, 0.3) is 5.91 Å². The van der Waals surface area contributed by atoms with Crippen LogP contribution in [0.3, 0.4) is 0 Å². The molecule has 2 amide bonds. The Hall–Kier alpha value is -2.71. The van der Waals surface area contributed by atoms with E-state index in [4.69, 9.17) is 9.47 Å². The molecule has 38 heavy (non-hydrogen) atoms. The van der Waals surface area contributed by atoms with Gasteiger partial charge in [0.2, 0.25) is 5.91 Å². The number of ether oxygens (including phenoxy) is 2. The Morgan fingerprint density at radius 3 is 2.63 bits per heavy atom. The van der Waals surface area contributed by atoms with Gasteiger partial charge in [0.05, 0.1) is 30.8 Å². The lowest BCUT2D eigenvalue weighted by Crippen LogP contribution is -2.59. The number of nitrogens with zero attached hydrogens (tertiary/aromatic N) is 2. The predicted octanol–water partition coefficient (Wildman–Crippen LogP) is 3.56. The van der Waals surface area contributed by atoms with E-state index < -0.39 is 41.1 Å². The van der Waals surface area contributed by atoms with Crippen molar-refractivity contribution in [2.45, 2.75) is 84.1 Å². The average molecular weight is 527 g/mol. The Kier molecular flexibility index (Phi) is 7.79. The van der Waals surface area contributed by atoms with E-state index in [1.54, 1.807) is 22.8 Å². The van der Waals surface area contributed by atoms with Gasteiger partial charge in [-0.05, 0) is 70.1 Å². The molecular weight excluding hydrogens is 484 g/mol. The minimum atomic E-state index is -1.18. The van der Waals surface area contributed by atoms with Crippen LogP contribution >= 0.6 is 0 Å². The summed E-state index contributed by atoms with van der Waals surface area (Å²) in [4.78, 5) is 45.4. The van der Waals surface area contributed by atoms with E-state index >= 15 is 0 Å². The molecule has 3 aliphatic heterocycles. The summed E-state index contributed by atoms with van der Waals surface area (Å²) in [5.74, 6) is -2.55. The predicted molar refractivity (Wildman–Crippen MR) is 144 cm³/mol. The largest absolute Gasteiger partial charge is 0.466 e. The summed E-state index contributed by atoms with van der Waals surface area (Å²) in [5, 5.41) is 10.5. The Balaban J connectivity index is 1.88. The molecule has 8 heteroatoms.